The number of hydrogen-bond donors (Lipinski definition) is 3. The van der Waals surface area contributed by atoms with Crippen molar-refractivity contribution in [1.82, 2.24) is 35.7 Å². The van der Waals surface area contributed by atoms with Crippen LogP contribution < -0.4 is 15.4 Å². The lowest BCUT2D eigenvalue weighted by atomic mass is 9.85. The molecule has 4 fully saturated rings. The topological polar surface area (TPSA) is 109 Å². The number of likely N-dealkylation sites (tertiary alicyclic amines) is 1. The van der Waals surface area contributed by atoms with Gasteiger partial charge in [0.05, 0.1) is 59.8 Å². The molecule has 17 heteroatoms. The molecule has 4 unspecified atom stereocenters. The van der Waals surface area contributed by atoms with Gasteiger partial charge in [0.2, 0.25) is 0 Å². The first-order chi connectivity index (χ1) is 25.6. The van der Waals surface area contributed by atoms with Crippen LogP contribution in [0, 0.1) is 29.9 Å². The van der Waals surface area contributed by atoms with Gasteiger partial charge in [0.1, 0.15) is 17.9 Å². The highest BCUT2D eigenvalue weighted by atomic mass is 19.4. The normalized spacial score (nSPS) is 28.1. The molecule has 4 aliphatic rings. The molecule has 5 atom stereocenters. The highest BCUT2D eigenvalue weighted by Crippen LogP contribution is 2.61. The van der Waals surface area contributed by atoms with Crippen LogP contribution in [0.3, 0.4) is 0 Å². The Hall–Kier alpha value is -3.64. The number of aromatic amines is 1. The largest absolute Gasteiger partial charge is 0.463 e. The van der Waals surface area contributed by atoms with Gasteiger partial charge in [-0.05, 0) is 63.3 Å². The summed E-state index contributed by atoms with van der Waals surface area (Å²) >= 11 is 0. The number of ether oxygens (including phenoxy) is 3. The van der Waals surface area contributed by atoms with Crippen molar-refractivity contribution in [2.45, 2.75) is 69.3 Å². The van der Waals surface area contributed by atoms with E-state index < -0.39 is 82.0 Å². The summed E-state index contributed by atoms with van der Waals surface area (Å²) in [4.78, 5) is 10.8. The van der Waals surface area contributed by atoms with E-state index in [4.69, 9.17) is 14.2 Å². The first-order valence-electron chi connectivity index (χ1n) is 18.2. The first-order valence-corrected chi connectivity index (χ1v) is 18.2. The Morgan fingerprint density at radius 3 is 2.59 bits per heavy atom. The highest BCUT2D eigenvalue weighted by molar-refractivity contribution is 6.00. The van der Waals surface area contributed by atoms with Gasteiger partial charge in [0.15, 0.2) is 5.82 Å². The SMILES string of the molecule is COCCOCC1CCN(C[C@@]2(COc3nc(C4NCC5CCC4(C)N5)c4cc(F)c(-c5c(C(F)(F)F)c(C)cc6[nH]ncc56)c(F)c4n3)CC2(F)F)C1. The van der Waals surface area contributed by atoms with E-state index in [0.29, 0.717) is 45.9 Å². The van der Waals surface area contributed by atoms with Crippen LogP contribution >= 0.6 is 0 Å². The minimum Gasteiger partial charge on any atom is -0.463 e. The molecule has 0 spiro atoms. The number of nitrogens with zero attached hydrogens (tertiary/aromatic N) is 4. The summed E-state index contributed by atoms with van der Waals surface area (Å²) in [7, 11) is 1.58. The number of piperazine rings is 1. The predicted octanol–water partition coefficient (Wildman–Crippen LogP) is 6.32. The predicted molar refractivity (Wildman–Crippen MR) is 184 cm³/mol. The van der Waals surface area contributed by atoms with Crippen LogP contribution in [0.25, 0.3) is 32.9 Å². The van der Waals surface area contributed by atoms with Gasteiger partial charge in [-0.1, -0.05) is 0 Å². The number of nitrogens with one attached hydrogen (secondary N) is 3. The Kier molecular flexibility index (Phi) is 9.35. The molecule has 0 amide bonds. The molecule has 5 heterocycles. The zero-order valence-corrected chi connectivity index (χ0v) is 30.1. The van der Waals surface area contributed by atoms with Crippen LogP contribution in [0.1, 0.15) is 55.5 Å². The summed E-state index contributed by atoms with van der Waals surface area (Å²) in [5, 5.41) is 13.2. The van der Waals surface area contributed by atoms with Crippen molar-refractivity contribution in [3.8, 4) is 17.1 Å². The third-order valence-corrected chi connectivity index (χ3v) is 11.8. The summed E-state index contributed by atoms with van der Waals surface area (Å²) in [6.07, 6.45) is -2.01. The van der Waals surface area contributed by atoms with Gasteiger partial charge in [-0.3, -0.25) is 5.10 Å². The Morgan fingerprint density at radius 1 is 1.06 bits per heavy atom. The number of hydrogen-bond acceptors (Lipinski definition) is 9. The van der Waals surface area contributed by atoms with E-state index in [0.717, 1.165) is 25.1 Å². The number of fused-ring (bicyclic) bond motifs is 4. The van der Waals surface area contributed by atoms with Gasteiger partial charge in [0.25, 0.3) is 5.92 Å². The molecule has 10 nitrogen and oxygen atoms in total. The number of alkyl halides is 5. The fourth-order valence-corrected chi connectivity index (χ4v) is 8.88. The quantitative estimate of drug-likeness (QED) is 0.113. The van der Waals surface area contributed by atoms with Crippen molar-refractivity contribution in [3.05, 3.63) is 46.8 Å². The molecule has 3 aliphatic heterocycles. The second-order valence-electron chi connectivity index (χ2n) is 15.7. The molecular formula is C37H42F7N7O3. The van der Waals surface area contributed by atoms with Crippen LogP contribution in [0.5, 0.6) is 6.01 Å². The van der Waals surface area contributed by atoms with E-state index in [1.165, 1.54) is 13.0 Å². The average Bonchev–Trinajstić information content (AvgIpc) is 3.58. The number of halogens is 7. The molecular weight excluding hydrogens is 723 g/mol. The lowest BCUT2D eigenvalue weighted by Crippen LogP contribution is -2.58. The van der Waals surface area contributed by atoms with Gasteiger partial charge in [-0.2, -0.15) is 28.2 Å². The molecule has 3 saturated heterocycles. The molecule has 8 rings (SSSR count). The van der Waals surface area contributed by atoms with Gasteiger partial charge in [-0.15, -0.1) is 0 Å². The van der Waals surface area contributed by atoms with E-state index in [1.54, 1.807) is 7.11 Å². The molecule has 4 aromatic rings. The summed E-state index contributed by atoms with van der Waals surface area (Å²) < 4.78 is 124. The summed E-state index contributed by atoms with van der Waals surface area (Å²) in [5.74, 6) is -5.48. The second kappa shape index (κ2) is 13.5. The maximum Gasteiger partial charge on any atom is 0.417 e. The van der Waals surface area contributed by atoms with Crippen LogP contribution in [0.4, 0.5) is 30.7 Å². The Morgan fingerprint density at radius 2 is 1.85 bits per heavy atom. The Balaban J connectivity index is 1.18. The summed E-state index contributed by atoms with van der Waals surface area (Å²) in [6.45, 7) is 5.80. The zero-order chi connectivity index (χ0) is 38.2. The van der Waals surface area contributed by atoms with E-state index >= 15 is 17.6 Å². The molecule has 2 bridgehead atoms. The minimum atomic E-state index is -4.98. The van der Waals surface area contributed by atoms with E-state index in [9.17, 15) is 13.2 Å². The third-order valence-electron chi connectivity index (χ3n) is 11.8. The Labute approximate surface area is 306 Å². The van der Waals surface area contributed by atoms with E-state index in [2.05, 4.69) is 30.8 Å². The molecule has 0 radical (unpaired) electrons. The van der Waals surface area contributed by atoms with Crippen molar-refractivity contribution < 1.29 is 44.9 Å². The number of benzene rings is 2. The molecule has 2 aromatic heterocycles. The van der Waals surface area contributed by atoms with Gasteiger partial charge in [-0.25, -0.2) is 17.6 Å². The van der Waals surface area contributed by atoms with Crippen LogP contribution in [0.15, 0.2) is 18.3 Å². The number of rotatable bonds is 12. The van der Waals surface area contributed by atoms with Gasteiger partial charge < -0.3 is 29.7 Å². The number of H-pyrrole nitrogens is 1. The van der Waals surface area contributed by atoms with Crippen LogP contribution in [0.2, 0.25) is 0 Å². The van der Waals surface area contributed by atoms with Crippen LogP contribution in [-0.4, -0.2) is 102 Å². The van der Waals surface area contributed by atoms with Crippen LogP contribution in [-0.2, 0) is 15.7 Å². The van der Waals surface area contributed by atoms with Crippen molar-refractivity contribution in [2.75, 3.05) is 59.7 Å². The fourth-order valence-electron chi connectivity index (χ4n) is 8.88. The zero-order valence-electron chi connectivity index (χ0n) is 30.1. The lowest BCUT2D eigenvalue weighted by Gasteiger charge is -2.40. The monoisotopic (exact) mass is 765 g/mol. The van der Waals surface area contributed by atoms with Crippen molar-refractivity contribution >= 4 is 21.8 Å². The summed E-state index contributed by atoms with van der Waals surface area (Å²) in [5.41, 5.74) is -5.50. The third kappa shape index (κ3) is 6.48. The molecule has 2 aromatic carbocycles. The van der Waals surface area contributed by atoms with Crippen molar-refractivity contribution in [1.29, 1.82) is 0 Å². The van der Waals surface area contributed by atoms with Crippen molar-refractivity contribution in [3.63, 3.8) is 0 Å². The maximum atomic E-state index is 17.0. The maximum absolute atomic E-state index is 17.0. The smallest absolute Gasteiger partial charge is 0.417 e. The minimum absolute atomic E-state index is 0.0422. The standard InChI is InChI=1S/C37H42F7N7O3/c1-19-10-25-23(13-46-50-25)26(28(19)37(42,43)44)27-24(38)11-22-30(29(27)39)47-33(48-31(22)32-34(2)6-4-21(49-34)12-45-32)54-18-35(16-36(35,40)41)17-51-7-5-20(14-51)15-53-9-8-52-3/h10-11,13,20-21,32,45,49H,4-9,12,14-18H2,1-3H3,(H,46,50)/t20?,21?,32?,34?,35-/m1/s1. The van der Waals surface area contributed by atoms with Gasteiger partial charge in [0, 0.05) is 61.1 Å². The lowest BCUT2D eigenvalue weighted by molar-refractivity contribution is -0.137. The number of aryl methyl sites for hydroxylation is 1. The number of aromatic nitrogens is 4. The van der Waals surface area contributed by atoms with Crippen molar-refractivity contribution in [2.24, 2.45) is 11.3 Å². The molecule has 1 saturated carbocycles. The first kappa shape index (κ1) is 37.3. The number of methoxy groups -OCH3 is 1. The molecule has 1 aliphatic carbocycles. The van der Waals surface area contributed by atoms with Gasteiger partial charge >= 0.3 is 12.2 Å². The van der Waals surface area contributed by atoms with E-state index in [-0.39, 0.29) is 46.1 Å². The summed E-state index contributed by atoms with van der Waals surface area (Å²) in [6, 6.07) is 1.28. The van der Waals surface area contributed by atoms with E-state index in [1.807, 2.05) is 11.8 Å². The molecule has 3 N–H and O–H groups in total. The second-order valence-corrected chi connectivity index (χ2v) is 15.7. The average molecular weight is 766 g/mol. The molecule has 54 heavy (non-hydrogen) atoms. The fraction of sp³-hybridized carbons (Fsp3) is 0.595. The Bertz CT molecular complexity index is 2080. The highest BCUT2D eigenvalue weighted by Gasteiger charge is 2.72. The molecule has 292 valence electrons.